The molecule has 2 heterocycles. The molecule has 0 spiro atoms. The number of piperidine rings is 1. The van der Waals surface area contributed by atoms with E-state index in [-0.39, 0.29) is 66.2 Å². The molecule has 1 saturated carbocycles. The summed E-state index contributed by atoms with van der Waals surface area (Å²) in [5, 5.41) is 14.8. The highest BCUT2D eigenvalue weighted by Gasteiger charge is 2.61. The normalized spacial score (nSPS) is 32.5. The lowest BCUT2D eigenvalue weighted by Gasteiger charge is -2.43. The maximum absolute atomic E-state index is 14.1. The molecule has 2 aliphatic heterocycles. The number of hydrogen-bond donors (Lipinski definition) is 3. The van der Waals surface area contributed by atoms with Crippen molar-refractivity contribution in [2.45, 2.75) is 90.2 Å². The van der Waals surface area contributed by atoms with Crippen LogP contribution >= 0.6 is 24.2 Å². The van der Waals surface area contributed by atoms with Gasteiger partial charge in [0.2, 0.25) is 17.7 Å². The summed E-state index contributed by atoms with van der Waals surface area (Å²) in [4.78, 5) is 56.2. The molecule has 1 aliphatic carbocycles. The van der Waals surface area contributed by atoms with Gasteiger partial charge in [-0.05, 0) is 67.9 Å². The number of carbonyl (C=O) groups excluding carboxylic acids is 4. The fourth-order valence-corrected chi connectivity index (χ4v) is 8.01. The minimum atomic E-state index is -1.64. The van der Waals surface area contributed by atoms with Gasteiger partial charge in [0.1, 0.15) is 29.0 Å². The van der Waals surface area contributed by atoms with Crippen LogP contribution in [0.4, 0.5) is 5.69 Å². The van der Waals surface area contributed by atoms with Crippen molar-refractivity contribution in [3.8, 4) is 5.75 Å². The molecule has 1 aromatic carbocycles. The SMILES string of the molecule is COc1cc2cc(c1Cl)N(C)C(=O)C[C@H](OC(=O)[C@H](C)N(C)C(=O)CCS)[C@]1(C)C[C@H]1[C@H](C)[C@H]1CC(=O)N[C@](O)(C1)[C@@H](OC)/C=C\C=C(/C)C2. The summed E-state index contributed by atoms with van der Waals surface area (Å²) >= 11 is 10.9. The zero-order valence-corrected chi connectivity index (χ0v) is 32.0. The predicted octanol–water partition coefficient (Wildman–Crippen LogP) is 4.73. The molecule has 3 aliphatic rings. The van der Waals surface area contributed by atoms with Gasteiger partial charge in [0.25, 0.3) is 0 Å². The third-order valence-electron chi connectivity index (χ3n) is 11.0. The Bertz CT molecular complexity index is 1540. The first kappa shape index (κ1) is 39.7. The third kappa shape index (κ3) is 8.52. The Morgan fingerprint density at radius 1 is 1.22 bits per heavy atom. The van der Waals surface area contributed by atoms with E-state index in [0.29, 0.717) is 30.0 Å². The van der Waals surface area contributed by atoms with Crippen molar-refractivity contribution in [1.82, 2.24) is 10.2 Å². The van der Waals surface area contributed by atoms with Gasteiger partial charge in [-0.2, -0.15) is 12.6 Å². The average Bonchev–Trinajstić information content (AvgIpc) is 3.76. The number of esters is 1. The van der Waals surface area contributed by atoms with E-state index in [1.807, 2.05) is 39.0 Å². The highest BCUT2D eigenvalue weighted by Crippen LogP contribution is 2.62. The smallest absolute Gasteiger partial charge is 0.328 e. The predicted molar refractivity (Wildman–Crippen MR) is 195 cm³/mol. The Balaban J connectivity index is 1.78. The number of nitrogens with zero attached hydrogens (tertiary/aromatic N) is 2. The molecule has 4 rings (SSSR count). The largest absolute Gasteiger partial charge is 0.495 e. The fraction of sp³-hybridized carbons (Fsp3) is 0.622. The Morgan fingerprint density at radius 2 is 1.92 bits per heavy atom. The summed E-state index contributed by atoms with van der Waals surface area (Å²) in [6.07, 6.45) is 5.41. The minimum absolute atomic E-state index is 0.0337. The highest BCUT2D eigenvalue weighted by molar-refractivity contribution is 7.80. The molecule has 4 bridgehead atoms. The quantitative estimate of drug-likeness (QED) is 0.271. The molecule has 13 heteroatoms. The van der Waals surface area contributed by atoms with Gasteiger partial charge in [-0.15, -0.1) is 0 Å². The summed E-state index contributed by atoms with van der Waals surface area (Å²) in [7, 11) is 6.18. The molecule has 1 saturated heterocycles. The van der Waals surface area contributed by atoms with E-state index >= 15 is 0 Å². The topological polar surface area (TPSA) is 135 Å². The zero-order valence-electron chi connectivity index (χ0n) is 30.3. The van der Waals surface area contributed by atoms with E-state index in [4.69, 9.17) is 25.8 Å². The van der Waals surface area contributed by atoms with Gasteiger partial charge in [0.15, 0.2) is 5.72 Å². The van der Waals surface area contributed by atoms with Gasteiger partial charge < -0.3 is 34.4 Å². The third-order valence-corrected chi connectivity index (χ3v) is 11.6. The summed E-state index contributed by atoms with van der Waals surface area (Å²) in [6.45, 7) is 7.59. The molecule has 1 aromatic rings. The number of benzene rings is 1. The number of thiol groups is 1. The number of fused-ring (bicyclic) bond motifs is 5. The van der Waals surface area contributed by atoms with Crippen LogP contribution in [0.15, 0.2) is 35.9 Å². The molecular formula is C37H52ClN3O8S. The molecule has 2 fully saturated rings. The van der Waals surface area contributed by atoms with Crippen molar-refractivity contribution in [2.75, 3.05) is 39.0 Å². The van der Waals surface area contributed by atoms with E-state index < -0.39 is 35.4 Å². The second-order valence-corrected chi connectivity index (χ2v) is 15.2. The molecule has 3 amide bonds. The Kier molecular flexibility index (Phi) is 12.8. The van der Waals surface area contributed by atoms with Crippen LogP contribution in [0.5, 0.6) is 5.75 Å². The van der Waals surface area contributed by atoms with E-state index in [9.17, 15) is 24.3 Å². The molecule has 276 valence electrons. The molecule has 50 heavy (non-hydrogen) atoms. The maximum Gasteiger partial charge on any atom is 0.328 e. The summed E-state index contributed by atoms with van der Waals surface area (Å²) in [5.41, 5.74) is 0.000777. The maximum atomic E-state index is 14.1. The molecule has 11 nitrogen and oxygen atoms in total. The van der Waals surface area contributed by atoms with Crippen LogP contribution in [0.25, 0.3) is 0 Å². The van der Waals surface area contributed by atoms with Crippen molar-refractivity contribution < 1.29 is 38.5 Å². The molecule has 0 aromatic heterocycles. The average molecular weight is 734 g/mol. The van der Waals surface area contributed by atoms with Gasteiger partial charge in [-0.3, -0.25) is 14.4 Å². The van der Waals surface area contributed by atoms with Gasteiger partial charge in [-0.1, -0.05) is 49.2 Å². The van der Waals surface area contributed by atoms with Crippen LogP contribution in [0.1, 0.15) is 65.4 Å². The van der Waals surface area contributed by atoms with Crippen molar-refractivity contribution in [3.63, 3.8) is 0 Å². The second-order valence-electron chi connectivity index (χ2n) is 14.4. The molecule has 0 unspecified atom stereocenters. The highest BCUT2D eigenvalue weighted by atomic mass is 35.5. The number of rotatable bonds is 7. The minimum Gasteiger partial charge on any atom is -0.495 e. The Morgan fingerprint density at radius 3 is 2.56 bits per heavy atom. The number of methoxy groups -OCH3 is 2. The number of nitrogens with one attached hydrogen (secondary N) is 1. The lowest BCUT2D eigenvalue weighted by molar-refractivity contribution is -0.162. The number of halogens is 1. The van der Waals surface area contributed by atoms with Gasteiger partial charge in [-0.25, -0.2) is 4.79 Å². The van der Waals surface area contributed by atoms with E-state index in [2.05, 4.69) is 17.9 Å². The van der Waals surface area contributed by atoms with Gasteiger partial charge in [0, 0.05) is 45.9 Å². The first-order chi connectivity index (χ1) is 23.5. The number of ether oxygens (including phenoxy) is 3. The van der Waals surface area contributed by atoms with Crippen molar-refractivity contribution in [1.29, 1.82) is 0 Å². The monoisotopic (exact) mass is 733 g/mol. The van der Waals surface area contributed by atoms with Crippen LogP contribution in [0.3, 0.4) is 0 Å². The summed E-state index contributed by atoms with van der Waals surface area (Å²) in [5.74, 6) is -1.04. The van der Waals surface area contributed by atoms with Gasteiger partial charge >= 0.3 is 5.97 Å². The summed E-state index contributed by atoms with van der Waals surface area (Å²) < 4.78 is 17.5. The number of allylic oxidation sites excluding steroid dienone is 3. The summed E-state index contributed by atoms with van der Waals surface area (Å²) in [6, 6.07) is 2.76. The molecule has 0 radical (unpaired) electrons. The lowest BCUT2D eigenvalue weighted by Crippen LogP contribution is -2.61. The Labute approximate surface area is 306 Å². The van der Waals surface area contributed by atoms with Gasteiger partial charge in [0.05, 0.1) is 19.2 Å². The number of amides is 3. The number of likely N-dealkylation sites (N-methyl/N-ethyl adjacent to an activating group) is 1. The number of anilines is 1. The van der Waals surface area contributed by atoms with Crippen LogP contribution < -0.4 is 15.0 Å². The number of aliphatic hydroxyl groups is 1. The Hall–Kier alpha value is -3.06. The molecule has 8 atom stereocenters. The zero-order chi connectivity index (χ0) is 37.1. The standard InChI is InChI=1S/C37H52ClN3O8S/c1-21-10-9-11-29(48-8)37(46)19-25(17-31(42)39-37)22(2)26-20-36(26,4)30(49-35(45)23(3)40(5)32(43)12-13-50)18-33(44)41(6)27-15-24(14-21)16-28(47-7)34(27)38/h9-11,15-16,22-23,25-26,29-30,46,50H,12-14,17-20H2,1-8H3,(H,39,42)/b11-9-,21-10+/t22-,23+,25+,26+,29+,30+,36-,37+/m1/s1. The van der Waals surface area contributed by atoms with Crippen LogP contribution in [-0.2, 0) is 35.1 Å². The molecular weight excluding hydrogens is 682 g/mol. The first-order valence-corrected chi connectivity index (χ1v) is 18.1. The van der Waals surface area contributed by atoms with E-state index in [1.165, 1.54) is 24.0 Å². The van der Waals surface area contributed by atoms with Crippen molar-refractivity contribution in [3.05, 3.63) is 46.5 Å². The first-order valence-electron chi connectivity index (χ1n) is 17.1. The number of carbonyl (C=O) groups is 4. The van der Waals surface area contributed by atoms with Crippen LogP contribution in [-0.4, -0.2) is 91.7 Å². The lowest BCUT2D eigenvalue weighted by atomic mass is 9.75. The van der Waals surface area contributed by atoms with Crippen molar-refractivity contribution >= 4 is 53.6 Å². The van der Waals surface area contributed by atoms with Crippen LogP contribution in [0, 0.1) is 23.2 Å². The second kappa shape index (κ2) is 16.1. The van der Waals surface area contributed by atoms with Crippen molar-refractivity contribution in [2.24, 2.45) is 23.2 Å². The van der Waals surface area contributed by atoms with Crippen LogP contribution in [0.2, 0.25) is 5.02 Å². The van der Waals surface area contributed by atoms with E-state index in [1.54, 1.807) is 33.2 Å². The number of hydrogen-bond acceptors (Lipinski definition) is 9. The van der Waals surface area contributed by atoms with E-state index in [0.717, 1.165) is 11.1 Å². The molecule has 2 N–H and O–H groups in total. The fourth-order valence-electron chi connectivity index (χ4n) is 7.50.